The molecule has 2 heterocycles. The van der Waals surface area contributed by atoms with Gasteiger partial charge in [-0.25, -0.2) is 0 Å². The molecule has 2 aromatic rings. The van der Waals surface area contributed by atoms with E-state index in [4.69, 9.17) is 52.9 Å². The summed E-state index contributed by atoms with van der Waals surface area (Å²) in [7, 11) is 5.90. The summed E-state index contributed by atoms with van der Waals surface area (Å²) in [5, 5.41) is 3.41. The molecule has 0 amide bonds. The molecule has 0 unspecified atom stereocenters. The van der Waals surface area contributed by atoms with Crippen LogP contribution in [0.4, 0.5) is 11.4 Å². The highest BCUT2D eigenvalue weighted by Crippen LogP contribution is 2.48. The Balaban J connectivity index is 0.00000961. The van der Waals surface area contributed by atoms with E-state index < -0.39 is 0 Å². The van der Waals surface area contributed by atoms with Crippen molar-refractivity contribution in [2.45, 2.75) is 38.5 Å². The van der Waals surface area contributed by atoms with E-state index in [0.29, 0.717) is 119 Å². The second-order valence-electron chi connectivity index (χ2n) is 15.0. The third kappa shape index (κ3) is 15.3. The normalized spacial score (nSPS) is 15.7. The van der Waals surface area contributed by atoms with Crippen LogP contribution in [-0.4, -0.2) is 150 Å². The Morgan fingerprint density at radius 1 is 0.650 bits per heavy atom. The molecule has 0 aliphatic carbocycles. The molecule has 60 heavy (non-hydrogen) atoms. The third-order valence-electron chi connectivity index (χ3n) is 10.2. The Hall–Kier alpha value is -3.73. The number of fused-ring (bicyclic) bond motifs is 2. The first-order valence-corrected chi connectivity index (χ1v) is 20.4. The Morgan fingerprint density at radius 3 is 1.63 bits per heavy atom. The van der Waals surface area contributed by atoms with E-state index in [1.54, 1.807) is 7.11 Å². The first-order chi connectivity index (χ1) is 28.6. The van der Waals surface area contributed by atoms with Gasteiger partial charge in [-0.15, -0.1) is 0 Å². The lowest BCUT2D eigenvalue weighted by Gasteiger charge is -2.23. The smallest absolute Gasteiger partial charge is 0.209 e. The van der Waals surface area contributed by atoms with Gasteiger partial charge in [-0.3, -0.25) is 0 Å². The summed E-state index contributed by atoms with van der Waals surface area (Å²) in [4.78, 5) is 4.94. The fourth-order valence-corrected chi connectivity index (χ4v) is 7.07. The van der Waals surface area contributed by atoms with Crippen molar-refractivity contribution in [1.29, 1.82) is 0 Å². The van der Waals surface area contributed by atoms with Crippen LogP contribution in [0.3, 0.4) is 0 Å². The summed E-state index contributed by atoms with van der Waals surface area (Å²) in [5.41, 5.74) is 15.0. The average Bonchev–Trinajstić information content (AvgIpc) is 3.53. The van der Waals surface area contributed by atoms with Crippen molar-refractivity contribution in [2.75, 3.05) is 145 Å². The molecule has 0 saturated heterocycles. The summed E-state index contributed by atoms with van der Waals surface area (Å²) in [6.07, 6.45) is 6.62. The first kappa shape index (κ1) is 50.6. The maximum Gasteiger partial charge on any atom is 0.209 e. The molecule has 0 N–H and O–H groups in total. The number of hydrogen-bond acceptors (Lipinski definition) is 12. The molecule has 334 valence electrons. The summed E-state index contributed by atoms with van der Waals surface area (Å²) in [5.74, 6) is 1.65. The van der Waals surface area contributed by atoms with Crippen molar-refractivity contribution in [3.05, 3.63) is 81.9 Å². The van der Waals surface area contributed by atoms with Gasteiger partial charge in [0, 0.05) is 60.1 Å². The van der Waals surface area contributed by atoms with E-state index in [1.807, 2.05) is 12.1 Å². The van der Waals surface area contributed by atoms with Crippen LogP contribution < -0.4 is 26.8 Å². The summed E-state index contributed by atoms with van der Waals surface area (Å²) in [6.45, 7) is 17.7. The SMILES string of the molecule is COCCOCCOCCOCCOc1ccc2c(c1)C(C)(C)C(/C=C/C=C1/N(C)c3ccc(OCCOCCOCCOCCOCCN=[N+]=[N-])cc3C1(C)C)=[N+]2C.[Cl-]. The zero-order chi connectivity index (χ0) is 42.4. The number of rotatable bonds is 31. The summed E-state index contributed by atoms with van der Waals surface area (Å²) < 4.78 is 58.0. The number of ether oxygens (including phenoxy) is 10. The van der Waals surface area contributed by atoms with Crippen molar-refractivity contribution in [1.82, 2.24) is 0 Å². The van der Waals surface area contributed by atoms with Gasteiger partial charge < -0.3 is 64.7 Å². The molecule has 0 saturated carbocycles. The number of methoxy groups -OCH3 is 1. The lowest BCUT2D eigenvalue weighted by molar-refractivity contribution is -0.401. The minimum Gasteiger partial charge on any atom is -1.00 e. The second-order valence-corrected chi connectivity index (χ2v) is 15.0. The first-order valence-electron chi connectivity index (χ1n) is 20.4. The highest BCUT2D eigenvalue weighted by Gasteiger charge is 2.43. The van der Waals surface area contributed by atoms with Gasteiger partial charge in [0.05, 0.1) is 105 Å². The van der Waals surface area contributed by atoms with Gasteiger partial charge >= 0.3 is 0 Å². The molecule has 2 aliphatic heterocycles. The van der Waals surface area contributed by atoms with Crippen molar-refractivity contribution < 1.29 is 64.4 Å². The molecular formula is C44H66ClN5O10. The zero-order valence-electron chi connectivity index (χ0n) is 36.6. The van der Waals surface area contributed by atoms with Gasteiger partial charge in [-0.2, -0.15) is 4.58 Å². The van der Waals surface area contributed by atoms with E-state index >= 15 is 0 Å². The summed E-state index contributed by atoms with van der Waals surface area (Å²) in [6, 6.07) is 12.6. The minimum atomic E-state index is -0.224. The molecule has 0 spiro atoms. The Kier molecular flexibility index (Phi) is 23.0. The maximum atomic E-state index is 8.23. The molecule has 15 nitrogen and oxygen atoms in total. The van der Waals surface area contributed by atoms with E-state index in [0.717, 1.165) is 11.5 Å². The average molecular weight is 860 g/mol. The van der Waals surface area contributed by atoms with Crippen molar-refractivity contribution in [3.63, 3.8) is 0 Å². The van der Waals surface area contributed by atoms with Gasteiger partial charge in [0.1, 0.15) is 31.8 Å². The third-order valence-corrected chi connectivity index (χ3v) is 10.2. The number of anilines is 1. The quantitative estimate of drug-likeness (QED) is 0.0362. The Bertz CT molecular complexity index is 1730. The Labute approximate surface area is 362 Å². The van der Waals surface area contributed by atoms with Crippen LogP contribution in [0, 0.1) is 0 Å². The maximum absolute atomic E-state index is 8.23. The number of azide groups is 1. The largest absolute Gasteiger partial charge is 1.00 e. The molecule has 2 aromatic carbocycles. The number of likely N-dealkylation sites (N-methyl/N-ethyl adjacent to an activating group) is 1. The van der Waals surface area contributed by atoms with Gasteiger partial charge in [-0.05, 0) is 61.3 Å². The van der Waals surface area contributed by atoms with Crippen LogP contribution in [0.15, 0.2) is 65.4 Å². The number of benzene rings is 2. The fourth-order valence-electron chi connectivity index (χ4n) is 7.07. The molecule has 0 bridgehead atoms. The fraction of sp³-hybridized carbons (Fsp3) is 0.614. The summed E-state index contributed by atoms with van der Waals surface area (Å²) >= 11 is 0. The molecule has 4 rings (SSSR count). The van der Waals surface area contributed by atoms with Crippen LogP contribution in [0.5, 0.6) is 11.5 Å². The molecule has 0 radical (unpaired) electrons. The molecule has 0 atom stereocenters. The van der Waals surface area contributed by atoms with Crippen LogP contribution in [-0.2, 0) is 48.7 Å². The topological polar surface area (TPSA) is 147 Å². The van der Waals surface area contributed by atoms with E-state index in [1.165, 1.54) is 33.9 Å². The number of allylic oxidation sites excluding steroid dienone is 4. The second kappa shape index (κ2) is 27.3. The van der Waals surface area contributed by atoms with Crippen molar-refractivity contribution in [2.24, 2.45) is 5.11 Å². The highest BCUT2D eigenvalue weighted by atomic mass is 35.5. The van der Waals surface area contributed by atoms with Crippen molar-refractivity contribution >= 4 is 17.1 Å². The predicted molar refractivity (Wildman–Crippen MR) is 228 cm³/mol. The number of nitrogens with zero attached hydrogens (tertiary/aromatic N) is 5. The Morgan fingerprint density at radius 2 is 1.12 bits per heavy atom. The number of hydrogen-bond donors (Lipinski definition) is 0. The lowest BCUT2D eigenvalue weighted by Crippen LogP contribution is -3.00. The van der Waals surface area contributed by atoms with Gasteiger partial charge in [0.2, 0.25) is 5.69 Å². The molecule has 0 aromatic heterocycles. The monoisotopic (exact) mass is 859 g/mol. The van der Waals surface area contributed by atoms with Crippen molar-refractivity contribution in [3.8, 4) is 11.5 Å². The molecular weight excluding hydrogens is 794 g/mol. The van der Waals surface area contributed by atoms with E-state index in [2.05, 4.69) is 104 Å². The minimum absolute atomic E-state index is 0. The van der Waals surface area contributed by atoms with E-state index in [-0.39, 0.29) is 23.2 Å². The van der Waals surface area contributed by atoms with Gasteiger partial charge in [0.25, 0.3) is 0 Å². The number of halogens is 1. The molecule has 2 aliphatic rings. The standard InChI is InChI=1S/C44H66N5O10.ClH/c1-43(2)37-33-35(58-31-29-56-27-25-54-22-21-52-18-17-50-7)11-13-39(37)48(5)41(43)9-8-10-42-44(3,4)38-34-36(12-14-40(38)49(42)6)59-32-30-57-28-26-55-24-23-53-20-19-51-16-15-46-47-45;/h8-14,33-34H,15-32H2,1-7H3;1H/q+1;/p-1. The van der Waals surface area contributed by atoms with Gasteiger partial charge in [0.15, 0.2) is 5.71 Å². The highest BCUT2D eigenvalue weighted by molar-refractivity contribution is 6.03. The van der Waals surface area contributed by atoms with Crippen LogP contribution in [0.1, 0.15) is 38.8 Å². The molecule has 16 heteroatoms. The molecule has 0 fully saturated rings. The predicted octanol–water partition coefficient (Wildman–Crippen LogP) is 3.39. The van der Waals surface area contributed by atoms with E-state index in [9.17, 15) is 0 Å². The lowest BCUT2D eigenvalue weighted by atomic mass is 9.81. The van der Waals surface area contributed by atoms with Crippen LogP contribution in [0.2, 0.25) is 0 Å². The zero-order valence-corrected chi connectivity index (χ0v) is 37.4. The van der Waals surface area contributed by atoms with Crippen LogP contribution >= 0.6 is 0 Å². The van der Waals surface area contributed by atoms with Gasteiger partial charge in [-0.1, -0.05) is 25.0 Å². The van der Waals surface area contributed by atoms with Crippen LogP contribution in [0.25, 0.3) is 10.4 Å².